The number of amides is 1. The number of aromatic nitrogens is 2. The molecule has 41 heavy (non-hydrogen) atoms. The van der Waals surface area contributed by atoms with Crippen molar-refractivity contribution in [1.29, 1.82) is 0 Å². The maximum absolute atomic E-state index is 13.4. The van der Waals surface area contributed by atoms with Gasteiger partial charge in [-0.2, -0.15) is 0 Å². The van der Waals surface area contributed by atoms with Gasteiger partial charge in [-0.15, -0.1) is 24.5 Å². The Labute approximate surface area is 237 Å². The Morgan fingerprint density at radius 2 is 1.85 bits per heavy atom. The molecule has 3 heterocycles. The monoisotopic (exact) mass is 581 g/mol. The number of thiophene rings is 1. The summed E-state index contributed by atoms with van der Waals surface area (Å²) in [6, 6.07) is 16.0. The van der Waals surface area contributed by atoms with Gasteiger partial charge in [0, 0.05) is 11.4 Å². The van der Waals surface area contributed by atoms with Gasteiger partial charge in [0.1, 0.15) is 11.6 Å². The van der Waals surface area contributed by atoms with Gasteiger partial charge in [0.05, 0.1) is 23.2 Å². The van der Waals surface area contributed by atoms with E-state index in [1.165, 1.54) is 28.0 Å². The Balaban J connectivity index is 1.22. The van der Waals surface area contributed by atoms with E-state index in [-0.39, 0.29) is 28.8 Å². The molecule has 2 aliphatic rings. The Kier molecular flexibility index (Phi) is 6.95. The van der Waals surface area contributed by atoms with Gasteiger partial charge in [0.25, 0.3) is 11.5 Å². The number of hydrogen-bond acceptors (Lipinski definition) is 6. The van der Waals surface area contributed by atoms with Crippen LogP contribution in [0.15, 0.2) is 70.8 Å². The lowest BCUT2D eigenvalue weighted by molar-refractivity contribution is -0.274. The van der Waals surface area contributed by atoms with Crippen molar-refractivity contribution in [2.24, 2.45) is 0 Å². The van der Waals surface area contributed by atoms with Gasteiger partial charge in [0.15, 0.2) is 6.10 Å². The second-order valence-electron chi connectivity index (χ2n) is 10.4. The maximum atomic E-state index is 13.4. The smallest absolute Gasteiger partial charge is 0.406 e. The molecule has 0 unspecified atom stereocenters. The molecule has 11 heteroatoms. The summed E-state index contributed by atoms with van der Waals surface area (Å²) in [5.41, 5.74) is 1.81. The van der Waals surface area contributed by atoms with Gasteiger partial charge in [-0.05, 0) is 72.0 Å². The van der Waals surface area contributed by atoms with Crippen LogP contribution in [0, 0.1) is 0 Å². The average Bonchev–Trinajstić information content (AvgIpc) is 3.63. The average molecular weight is 582 g/mol. The molecule has 2 aromatic heterocycles. The second kappa shape index (κ2) is 10.5. The number of rotatable bonds is 6. The van der Waals surface area contributed by atoms with Crippen molar-refractivity contribution in [3.63, 3.8) is 0 Å². The topological polar surface area (TPSA) is 95.5 Å². The second-order valence-corrected chi connectivity index (χ2v) is 11.3. The molecule has 212 valence electrons. The van der Waals surface area contributed by atoms with Crippen LogP contribution in [0.2, 0.25) is 0 Å². The summed E-state index contributed by atoms with van der Waals surface area (Å²) in [7, 11) is 0. The van der Waals surface area contributed by atoms with E-state index >= 15 is 0 Å². The van der Waals surface area contributed by atoms with E-state index < -0.39 is 18.4 Å². The van der Waals surface area contributed by atoms with E-state index in [1.54, 1.807) is 41.7 Å². The zero-order chi connectivity index (χ0) is 28.8. The van der Waals surface area contributed by atoms with Gasteiger partial charge in [-0.3, -0.25) is 9.59 Å². The molecular weight excluding hydrogens is 555 g/mol. The summed E-state index contributed by atoms with van der Waals surface area (Å²) in [6.07, 6.45) is -3.38. The number of carbonyl (C=O) groups excluding carboxylic acids is 1. The predicted octanol–water partition coefficient (Wildman–Crippen LogP) is 5.49. The number of carbonyl (C=O) groups is 1. The normalized spacial score (nSPS) is 16.9. The largest absolute Gasteiger partial charge is 0.573 e. The lowest BCUT2D eigenvalue weighted by atomic mass is 10.00. The van der Waals surface area contributed by atoms with Crippen molar-refractivity contribution < 1.29 is 27.8 Å². The zero-order valence-corrected chi connectivity index (χ0v) is 22.6. The molecule has 6 rings (SSSR count). The van der Waals surface area contributed by atoms with E-state index in [2.05, 4.69) is 15.8 Å². The minimum atomic E-state index is -4.82. The number of alkyl halides is 3. The van der Waals surface area contributed by atoms with Crippen molar-refractivity contribution in [2.45, 2.75) is 50.1 Å². The molecule has 0 saturated heterocycles. The summed E-state index contributed by atoms with van der Waals surface area (Å²) >= 11 is 1.65. The minimum absolute atomic E-state index is 0.0242. The van der Waals surface area contributed by atoms with Gasteiger partial charge in [-0.25, -0.2) is 4.98 Å². The molecule has 1 aliphatic heterocycles. The lowest BCUT2D eigenvalue weighted by Gasteiger charge is -2.24. The zero-order valence-electron chi connectivity index (χ0n) is 21.8. The fourth-order valence-electron chi connectivity index (χ4n) is 5.39. The fourth-order valence-corrected chi connectivity index (χ4v) is 6.38. The molecular formula is C30H26F3N3O4S. The molecule has 1 amide bonds. The SMILES string of the molecule is O=C([C@H](O)c1cccc(-c2cccc(OC(F)(F)F)c2)c1)N1CCCc2nc(C3(c4cccs4)CC3)[nH]c(=O)c2C1. The number of aromatic amines is 1. The summed E-state index contributed by atoms with van der Waals surface area (Å²) in [5, 5.41) is 13.0. The van der Waals surface area contributed by atoms with Crippen molar-refractivity contribution in [2.75, 3.05) is 6.54 Å². The number of aliphatic hydroxyl groups is 1. The van der Waals surface area contributed by atoms with Gasteiger partial charge < -0.3 is 19.7 Å². The lowest BCUT2D eigenvalue weighted by Crippen LogP contribution is -2.36. The number of aryl methyl sites for hydroxylation is 1. The van der Waals surface area contributed by atoms with Crippen molar-refractivity contribution in [3.8, 4) is 16.9 Å². The molecule has 0 bridgehead atoms. The van der Waals surface area contributed by atoms with E-state index in [9.17, 15) is 27.9 Å². The number of ether oxygens (including phenoxy) is 1. The molecule has 2 N–H and O–H groups in total. The molecule has 1 atom stereocenters. The number of benzene rings is 2. The summed E-state index contributed by atoms with van der Waals surface area (Å²) in [5.74, 6) is -0.264. The molecule has 0 spiro atoms. The first kappa shape index (κ1) is 27.2. The Morgan fingerprint density at radius 3 is 2.56 bits per heavy atom. The van der Waals surface area contributed by atoms with Gasteiger partial charge in [-0.1, -0.05) is 36.4 Å². The third kappa shape index (κ3) is 5.51. The number of nitrogens with zero attached hydrogens (tertiary/aromatic N) is 2. The number of aliphatic hydroxyl groups excluding tert-OH is 1. The van der Waals surface area contributed by atoms with Gasteiger partial charge in [0.2, 0.25) is 0 Å². The number of fused-ring (bicyclic) bond motifs is 1. The van der Waals surface area contributed by atoms with Crippen molar-refractivity contribution in [3.05, 3.63) is 104 Å². The third-order valence-electron chi connectivity index (χ3n) is 7.64. The van der Waals surface area contributed by atoms with Gasteiger partial charge >= 0.3 is 6.36 Å². The minimum Gasteiger partial charge on any atom is -0.406 e. The first-order valence-corrected chi connectivity index (χ1v) is 14.1. The number of halogens is 3. The number of hydrogen-bond donors (Lipinski definition) is 2. The predicted molar refractivity (Wildman–Crippen MR) is 146 cm³/mol. The first-order valence-electron chi connectivity index (χ1n) is 13.2. The van der Waals surface area contributed by atoms with Crippen molar-refractivity contribution in [1.82, 2.24) is 14.9 Å². The van der Waals surface area contributed by atoms with E-state index in [1.807, 2.05) is 11.4 Å². The Morgan fingerprint density at radius 1 is 1.10 bits per heavy atom. The quantitative estimate of drug-likeness (QED) is 0.314. The summed E-state index contributed by atoms with van der Waals surface area (Å²) < 4.78 is 42.0. The standard InChI is InChI=1S/C30H26F3N3O4S/c31-30(32,33)40-21-8-2-6-19(16-21)18-5-1-7-20(15-18)25(37)27(39)36-13-3-9-23-22(17-36)26(38)35-28(34-23)29(11-12-29)24-10-4-14-41-24/h1-2,4-8,10,14-16,25,37H,3,9,11-13,17H2,(H,34,35,38)/t25-/m1/s1. The molecule has 7 nitrogen and oxygen atoms in total. The van der Waals surface area contributed by atoms with Crippen LogP contribution >= 0.6 is 11.3 Å². The van der Waals surface area contributed by atoms with Crippen LogP contribution in [-0.4, -0.2) is 38.8 Å². The van der Waals surface area contributed by atoms with Crippen LogP contribution in [0.1, 0.15) is 52.9 Å². The van der Waals surface area contributed by atoms with Crippen LogP contribution in [-0.2, 0) is 23.2 Å². The van der Waals surface area contributed by atoms with Crippen molar-refractivity contribution >= 4 is 17.2 Å². The van der Waals surface area contributed by atoms with E-state index in [0.717, 1.165) is 12.8 Å². The highest BCUT2D eigenvalue weighted by molar-refractivity contribution is 7.10. The molecule has 4 aromatic rings. The molecule has 1 aliphatic carbocycles. The highest BCUT2D eigenvalue weighted by atomic mass is 32.1. The fraction of sp³-hybridized carbons (Fsp3) is 0.300. The highest BCUT2D eigenvalue weighted by Crippen LogP contribution is 2.53. The summed E-state index contributed by atoms with van der Waals surface area (Å²) in [4.78, 5) is 37.1. The van der Waals surface area contributed by atoms with Crippen LogP contribution in [0.5, 0.6) is 5.75 Å². The third-order valence-corrected chi connectivity index (χ3v) is 8.71. The van der Waals surface area contributed by atoms with Crippen LogP contribution in [0.3, 0.4) is 0 Å². The van der Waals surface area contributed by atoms with E-state index in [4.69, 9.17) is 4.98 Å². The van der Waals surface area contributed by atoms with E-state index in [0.29, 0.717) is 47.6 Å². The van der Waals surface area contributed by atoms with Crippen LogP contribution in [0.25, 0.3) is 11.1 Å². The first-order chi connectivity index (χ1) is 19.6. The number of nitrogens with one attached hydrogen (secondary N) is 1. The molecule has 1 fully saturated rings. The molecule has 2 aromatic carbocycles. The summed E-state index contributed by atoms with van der Waals surface area (Å²) in [6.45, 7) is 0.365. The highest BCUT2D eigenvalue weighted by Gasteiger charge is 2.49. The maximum Gasteiger partial charge on any atom is 0.573 e. The molecule has 0 radical (unpaired) electrons. The molecule has 1 saturated carbocycles. The Bertz CT molecular complexity index is 1650. The van der Waals surface area contributed by atoms with Crippen LogP contribution < -0.4 is 10.3 Å². The number of H-pyrrole nitrogens is 1. The van der Waals surface area contributed by atoms with Crippen LogP contribution in [0.4, 0.5) is 13.2 Å². The Hall–Kier alpha value is -3.96.